The van der Waals surface area contributed by atoms with Crippen LogP contribution in [0.1, 0.15) is 49.7 Å². The summed E-state index contributed by atoms with van der Waals surface area (Å²) >= 11 is 0. The van der Waals surface area contributed by atoms with Crippen molar-refractivity contribution in [1.29, 1.82) is 0 Å². The second-order valence-corrected chi connectivity index (χ2v) is 8.39. The van der Waals surface area contributed by atoms with E-state index in [0.717, 1.165) is 31.1 Å². The van der Waals surface area contributed by atoms with Gasteiger partial charge in [0, 0.05) is 6.54 Å². The predicted molar refractivity (Wildman–Crippen MR) is 93.2 cm³/mol. The first-order chi connectivity index (χ1) is 11.1. The first-order valence-corrected chi connectivity index (χ1v) is 9.02. The van der Waals surface area contributed by atoms with Gasteiger partial charge >= 0.3 is 0 Å². The molecule has 4 saturated carbocycles. The molecular formula is C21H27NO. The summed E-state index contributed by atoms with van der Waals surface area (Å²) < 4.78 is 0. The normalized spacial score (nSPS) is 37.6. The molecule has 0 unspecified atom stereocenters. The molecule has 1 N–H and O–H groups in total. The Morgan fingerprint density at radius 3 is 2.48 bits per heavy atom. The summed E-state index contributed by atoms with van der Waals surface area (Å²) in [4.78, 5) is 12.9. The molecular weight excluding hydrogens is 282 g/mol. The van der Waals surface area contributed by atoms with Crippen molar-refractivity contribution in [2.45, 2.75) is 50.9 Å². The van der Waals surface area contributed by atoms with Gasteiger partial charge in [-0.2, -0.15) is 0 Å². The highest BCUT2D eigenvalue weighted by Gasteiger charge is 2.60. The topological polar surface area (TPSA) is 29.1 Å². The standard InChI is InChI=1S/C21H27NO/c1-3-8-22-19(23)21-12-16-9-17(13-21)11-20(10-16,14-21)18-6-4-15(2)5-7-18/h3-7,16-17H,1,8-14H2,2H3,(H,22,23)/t16-,17-,20?,21?/m1/s1. The van der Waals surface area contributed by atoms with Crippen molar-refractivity contribution in [3.8, 4) is 0 Å². The fourth-order valence-electron chi connectivity index (χ4n) is 6.13. The molecule has 0 saturated heterocycles. The number of carbonyl (C=O) groups excluding carboxylic acids is 1. The van der Waals surface area contributed by atoms with Gasteiger partial charge in [0.25, 0.3) is 0 Å². The molecule has 5 rings (SSSR count). The number of amides is 1. The van der Waals surface area contributed by atoms with Crippen molar-refractivity contribution in [2.24, 2.45) is 17.3 Å². The van der Waals surface area contributed by atoms with E-state index in [1.807, 2.05) is 0 Å². The average molecular weight is 309 g/mol. The van der Waals surface area contributed by atoms with Gasteiger partial charge in [-0.15, -0.1) is 6.58 Å². The summed E-state index contributed by atoms with van der Waals surface area (Å²) in [6.07, 6.45) is 8.92. The molecule has 0 aromatic heterocycles. The number of rotatable bonds is 4. The summed E-state index contributed by atoms with van der Waals surface area (Å²) in [5, 5.41) is 3.11. The number of nitrogens with one attached hydrogen (secondary N) is 1. The maximum Gasteiger partial charge on any atom is 0.226 e. The molecule has 1 amide bonds. The van der Waals surface area contributed by atoms with Crippen LogP contribution in [0.4, 0.5) is 0 Å². The van der Waals surface area contributed by atoms with Crippen molar-refractivity contribution in [3.05, 3.63) is 48.0 Å². The SMILES string of the molecule is C=CCNC(=O)C12C[C@@H]3C[C@@H](C1)CC(c1ccc(C)cc1)(C3)C2. The lowest BCUT2D eigenvalue weighted by molar-refractivity contribution is -0.148. The fourth-order valence-corrected chi connectivity index (χ4v) is 6.13. The molecule has 2 nitrogen and oxygen atoms in total. The molecule has 122 valence electrons. The molecule has 4 aliphatic rings. The van der Waals surface area contributed by atoms with Gasteiger partial charge in [-0.3, -0.25) is 4.79 Å². The summed E-state index contributed by atoms with van der Waals surface area (Å²) in [5.74, 6) is 1.74. The van der Waals surface area contributed by atoms with Crippen molar-refractivity contribution in [2.75, 3.05) is 6.54 Å². The van der Waals surface area contributed by atoms with E-state index in [1.165, 1.54) is 30.4 Å². The number of hydrogen-bond donors (Lipinski definition) is 1. The molecule has 1 aromatic carbocycles. The molecule has 0 spiro atoms. The van der Waals surface area contributed by atoms with Gasteiger partial charge in [-0.05, 0) is 68.3 Å². The quantitative estimate of drug-likeness (QED) is 0.832. The summed E-state index contributed by atoms with van der Waals surface area (Å²) in [6, 6.07) is 9.10. The highest BCUT2D eigenvalue weighted by Crippen LogP contribution is 2.65. The van der Waals surface area contributed by atoms with Crippen LogP contribution >= 0.6 is 0 Å². The largest absolute Gasteiger partial charge is 0.352 e. The van der Waals surface area contributed by atoms with Gasteiger partial charge in [0.2, 0.25) is 5.91 Å². The summed E-state index contributed by atoms with van der Waals surface area (Å²) in [6.45, 7) is 6.47. The van der Waals surface area contributed by atoms with Gasteiger partial charge in [-0.1, -0.05) is 35.9 Å². The van der Waals surface area contributed by atoms with Crippen LogP contribution in [0.5, 0.6) is 0 Å². The maximum atomic E-state index is 12.9. The molecule has 0 aliphatic heterocycles. The van der Waals surface area contributed by atoms with Crippen molar-refractivity contribution in [3.63, 3.8) is 0 Å². The van der Waals surface area contributed by atoms with Crippen LogP contribution in [0.2, 0.25) is 0 Å². The summed E-state index contributed by atoms with van der Waals surface area (Å²) in [7, 11) is 0. The zero-order chi connectivity index (χ0) is 16.1. The second-order valence-electron chi connectivity index (χ2n) is 8.39. The van der Waals surface area contributed by atoms with Crippen LogP contribution in [0, 0.1) is 24.2 Å². The molecule has 4 aliphatic carbocycles. The molecule has 0 heterocycles. The Morgan fingerprint density at radius 2 is 1.87 bits per heavy atom. The minimum atomic E-state index is -0.127. The van der Waals surface area contributed by atoms with E-state index < -0.39 is 0 Å². The van der Waals surface area contributed by atoms with E-state index in [9.17, 15) is 4.79 Å². The van der Waals surface area contributed by atoms with Crippen molar-refractivity contribution in [1.82, 2.24) is 5.32 Å². The fraction of sp³-hybridized carbons (Fsp3) is 0.571. The molecule has 2 heteroatoms. The van der Waals surface area contributed by atoms with Crippen LogP contribution in [0.25, 0.3) is 0 Å². The molecule has 1 aromatic rings. The number of carbonyl (C=O) groups is 1. The van der Waals surface area contributed by atoms with E-state index in [4.69, 9.17) is 0 Å². The van der Waals surface area contributed by atoms with Gasteiger partial charge in [0.15, 0.2) is 0 Å². The van der Waals surface area contributed by atoms with E-state index in [-0.39, 0.29) is 16.7 Å². The van der Waals surface area contributed by atoms with Crippen molar-refractivity contribution >= 4 is 5.91 Å². The van der Waals surface area contributed by atoms with E-state index in [0.29, 0.717) is 6.54 Å². The van der Waals surface area contributed by atoms with E-state index >= 15 is 0 Å². The number of aryl methyl sites for hydroxylation is 1. The second kappa shape index (κ2) is 5.22. The molecule has 0 radical (unpaired) electrons. The Labute approximate surface area is 139 Å². The monoisotopic (exact) mass is 309 g/mol. The van der Waals surface area contributed by atoms with Crippen molar-refractivity contribution < 1.29 is 4.79 Å². The number of benzene rings is 1. The molecule has 4 bridgehead atoms. The zero-order valence-electron chi connectivity index (χ0n) is 14.1. The lowest BCUT2D eigenvalue weighted by Gasteiger charge is -2.61. The van der Waals surface area contributed by atoms with Gasteiger partial charge in [-0.25, -0.2) is 0 Å². The van der Waals surface area contributed by atoms with Gasteiger partial charge in [0.1, 0.15) is 0 Å². The third kappa shape index (κ3) is 2.34. The van der Waals surface area contributed by atoms with Gasteiger partial charge in [0.05, 0.1) is 5.41 Å². The predicted octanol–water partition coefficient (Wildman–Crippen LogP) is 4.14. The average Bonchev–Trinajstić information content (AvgIpc) is 2.51. The van der Waals surface area contributed by atoms with Gasteiger partial charge < -0.3 is 5.32 Å². The smallest absolute Gasteiger partial charge is 0.226 e. The van der Waals surface area contributed by atoms with Crippen LogP contribution in [-0.4, -0.2) is 12.5 Å². The third-order valence-corrected chi connectivity index (χ3v) is 6.61. The lowest BCUT2D eigenvalue weighted by atomic mass is 9.42. The Morgan fingerprint density at radius 1 is 1.22 bits per heavy atom. The maximum absolute atomic E-state index is 12.9. The molecule has 2 atom stereocenters. The highest BCUT2D eigenvalue weighted by molar-refractivity contribution is 5.83. The van der Waals surface area contributed by atoms with Crippen LogP contribution < -0.4 is 5.32 Å². The molecule has 4 fully saturated rings. The zero-order valence-corrected chi connectivity index (χ0v) is 14.1. The van der Waals surface area contributed by atoms with Crippen LogP contribution in [0.15, 0.2) is 36.9 Å². The first-order valence-electron chi connectivity index (χ1n) is 9.02. The number of hydrogen-bond acceptors (Lipinski definition) is 1. The Balaban J connectivity index is 1.69. The highest BCUT2D eigenvalue weighted by atomic mass is 16.2. The minimum absolute atomic E-state index is 0.127. The van der Waals surface area contributed by atoms with E-state index in [1.54, 1.807) is 6.08 Å². The Bertz CT molecular complexity index is 616. The lowest BCUT2D eigenvalue weighted by Crippen LogP contribution is -2.59. The Hall–Kier alpha value is -1.57. The third-order valence-electron chi connectivity index (χ3n) is 6.61. The summed E-state index contributed by atoms with van der Waals surface area (Å²) in [5.41, 5.74) is 2.90. The first kappa shape index (κ1) is 15.0. The minimum Gasteiger partial charge on any atom is -0.352 e. The molecule has 23 heavy (non-hydrogen) atoms. The van der Waals surface area contributed by atoms with Crippen LogP contribution in [0.3, 0.4) is 0 Å². The Kier molecular flexibility index (Phi) is 3.40. The van der Waals surface area contributed by atoms with Crippen LogP contribution in [-0.2, 0) is 10.2 Å². The van der Waals surface area contributed by atoms with E-state index in [2.05, 4.69) is 43.1 Å².